The zero-order valence-electron chi connectivity index (χ0n) is 11.4. The van der Waals surface area contributed by atoms with Gasteiger partial charge in [-0.2, -0.15) is 0 Å². The molecule has 1 heterocycles. The fourth-order valence-electron chi connectivity index (χ4n) is 3.25. The van der Waals surface area contributed by atoms with Crippen LogP contribution in [-0.2, 0) is 16.8 Å². The van der Waals surface area contributed by atoms with Crippen molar-refractivity contribution in [3.63, 3.8) is 0 Å². The number of nitrogens with zero attached hydrogens (tertiary/aromatic N) is 2. The molecule has 4 heteroatoms. The van der Waals surface area contributed by atoms with Crippen LogP contribution in [0.3, 0.4) is 0 Å². The highest BCUT2D eigenvalue weighted by atomic mass is 16.5. The minimum Gasteiger partial charge on any atom is -0.370 e. The summed E-state index contributed by atoms with van der Waals surface area (Å²) in [7, 11) is 1.75. The van der Waals surface area contributed by atoms with Crippen LogP contribution >= 0.6 is 0 Å². The predicted octanol–water partition coefficient (Wildman–Crippen LogP) is 2.80. The predicted molar refractivity (Wildman–Crippen MR) is 71.1 cm³/mol. The largest absolute Gasteiger partial charge is 0.370 e. The zero-order valence-corrected chi connectivity index (χ0v) is 11.4. The second-order valence-corrected chi connectivity index (χ2v) is 5.59. The summed E-state index contributed by atoms with van der Waals surface area (Å²) in [5, 5.41) is 0. The molecule has 0 amide bonds. The fraction of sp³-hybridized carbons (Fsp3) is 0.667. The first-order chi connectivity index (χ1) is 9.25. The van der Waals surface area contributed by atoms with Crippen LogP contribution in [0.5, 0.6) is 0 Å². The van der Waals surface area contributed by atoms with Gasteiger partial charge in [0.2, 0.25) is 0 Å². The number of carbonyl (C=O) groups excluding carboxylic acids is 1. The number of fused-ring (bicyclic) bond motifs is 1. The molecule has 1 saturated carbocycles. The Morgan fingerprint density at radius 3 is 2.68 bits per heavy atom. The van der Waals surface area contributed by atoms with E-state index in [1.165, 1.54) is 6.42 Å². The lowest BCUT2D eigenvalue weighted by Gasteiger charge is -2.34. The van der Waals surface area contributed by atoms with Gasteiger partial charge >= 0.3 is 0 Å². The molecule has 0 radical (unpaired) electrons. The lowest BCUT2D eigenvalue weighted by Crippen LogP contribution is -2.34. The molecule has 0 unspecified atom stereocenters. The lowest BCUT2D eigenvalue weighted by atomic mass is 9.83. The van der Waals surface area contributed by atoms with Crippen LogP contribution in [0.15, 0.2) is 6.20 Å². The van der Waals surface area contributed by atoms with Gasteiger partial charge in [0.25, 0.3) is 0 Å². The number of aryl methyl sites for hydroxylation is 1. The lowest BCUT2D eigenvalue weighted by molar-refractivity contribution is -0.0517. The third-order valence-electron chi connectivity index (χ3n) is 4.45. The molecule has 1 aromatic heterocycles. The Hall–Kier alpha value is -1.29. The van der Waals surface area contributed by atoms with Crippen molar-refractivity contribution in [3.05, 3.63) is 23.3 Å². The van der Waals surface area contributed by atoms with Crippen molar-refractivity contribution in [2.24, 2.45) is 0 Å². The summed E-state index contributed by atoms with van der Waals surface area (Å²) < 4.78 is 5.77. The van der Waals surface area contributed by atoms with Crippen molar-refractivity contribution >= 4 is 5.78 Å². The molecule has 1 aromatic rings. The molecule has 19 heavy (non-hydrogen) atoms. The standard InChI is InChI=1S/C15H20N2O2/c1-19-15(8-3-2-4-9-15)14-16-10-11-12(17-14)6-5-7-13(11)18/h10H,2-9H2,1H3. The van der Waals surface area contributed by atoms with Gasteiger partial charge in [-0.15, -0.1) is 0 Å². The SMILES string of the molecule is COC1(c2ncc3c(n2)CCCC3=O)CCCCC1. The van der Waals surface area contributed by atoms with Gasteiger partial charge in [0.05, 0.1) is 11.3 Å². The number of carbonyl (C=O) groups is 1. The smallest absolute Gasteiger partial charge is 0.166 e. The van der Waals surface area contributed by atoms with E-state index in [9.17, 15) is 4.79 Å². The van der Waals surface area contributed by atoms with Crippen molar-refractivity contribution in [1.82, 2.24) is 9.97 Å². The topological polar surface area (TPSA) is 52.1 Å². The maximum Gasteiger partial charge on any atom is 0.166 e. The van der Waals surface area contributed by atoms with Gasteiger partial charge in [-0.1, -0.05) is 19.3 Å². The highest BCUT2D eigenvalue weighted by Gasteiger charge is 2.37. The first kappa shape index (κ1) is 12.7. The van der Waals surface area contributed by atoms with E-state index in [1.54, 1.807) is 13.3 Å². The summed E-state index contributed by atoms with van der Waals surface area (Å²) in [5.41, 5.74) is 1.31. The second-order valence-electron chi connectivity index (χ2n) is 5.59. The van der Waals surface area contributed by atoms with E-state index in [-0.39, 0.29) is 11.4 Å². The Balaban J connectivity index is 1.98. The molecule has 0 aromatic carbocycles. The summed E-state index contributed by atoms with van der Waals surface area (Å²) in [5.74, 6) is 0.964. The number of rotatable bonds is 2. The molecule has 0 aliphatic heterocycles. The van der Waals surface area contributed by atoms with Crippen LogP contribution in [0.25, 0.3) is 0 Å². The Morgan fingerprint density at radius 2 is 1.95 bits per heavy atom. The van der Waals surface area contributed by atoms with Gasteiger partial charge in [-0.05, 0) is 25.7 Å². The molecular formula is C15H20N2O2. The highest BCUT2D eigenvalue weighted by molar-refractivity contribution is 5.97. The maximum absolute atomic E-state index is 11.8. The van der Waals surface area contributed by atoms with Crippen molar-refractivity contribution in [3.8, 4) is 0 Å². The van der Waals surface area contributed by atoms with Crippen LogP contribution in [0.4, 0.5) is 0 Å². The van der Waals surface area contributed by atoms with Gasteiger partial charge < -0.3 is 4.74 Å². The van der Waals surface area contributed by atoms with E-state index < -0.39 is 0 Å². The van der Waals surface area contributed by atoms with E-state index in [0.29, 0.717) is 6.42 Å². The van der Waals surface area contributed by atoms with Crippen LogP contribution in [0, 0.1) is 0 Å². The van der Waals surface area contributed by atoms with E-state index >= 15 is 0 Å². The van der Waals surface area contributed by atoms with E-state index in [0.717, 1.165) is 55.6 Å². The summed E-state index contributed by atoms with van der Waals surface area (Å²) in [4.78, 5) is 20.9. The third kappa shape index (κ3) is 2.18. The average Bonchev–Trinajstić information content (AvgIpc) is 2.48. The van der Waals surface area contributed by atoms with Crippen LogP contribution < -0.4 is 0 Å². The summed E-state index contributed by atoms with van der Waals surface area (Å²) >= 11 is 0. The number of hydrogen-bond donors (Lipinski definition) is 0. The maximum atomic E-state index is 11.8. The molecule has 3 rings (SSSR count). The number of ketones is 1. The van der Waals surface area contributed by atoms with Gasteiger partial charge in [-0.3, -0.25) is 4.79 Å². The van der Waals surface area contributed by atoms with Gasteiger partial charge in [0.15, 0.2) is 11.6 Å². The van der Waals surface area contributed by atoms with Crippen LogP contribution in [0.1, 0.15) is 66.8 Å². The van der Waals surface area contributed by atoms with E-state index in [1.807, 2.05) is 0 Å². The molecule has 102 valence electrons. The molecule has 0 saturated heterocycles. The highest BCUT2D eigenvalue weighted by Crippen LogP contribution is 2.38. The molecule has 0 spiro atoms. The number of Topliss-reactive ketones (excluding diaryl/α,β-unsaturated/α-hetero) is 1. The number of aromatic nitrogens is 2. The molecule has 2 aliphatic rings. The Morgan fingerprint density at radius 1 is 1.16 bits per heavy atom. The minimum atomic E-state index is -0.326. The van der Waals surface area contributed by atoms with Gasteiger partial charge in [0, 0.05) is 19.7 Å². The monoisotopic (exact) mass is 260 g/mol. The quantitative estimate of drug-likeness (QED) is 0.820. The summed E-state index contributed by atoms with van der Waals surface area (Å²) in [6.45, 7) is 0. The van der Waals surface area contributed by atoms with Crippen LogP contribution in [0.2, 0.25) is 0 Å². The molecule has 1 fully saturated rings. The summed E-state index contributed by atoms with van der Waals surface area (Å²) in [6.07, 6.45) is 9.68. The van der Waals surface area contributed by atoms with Gasteiger partial charge in [-0.25, -0.2) is 9.97 Å². The number of methoxy groups -OCH3 is 1. The number of ether oxygens (including phenoxy) is 1. The van der Waals surface area contributed by atoms with Crippen LogP contribution in [-0.4, -0.2) is 22.9 Å². The third-order valence-corrected chi connectivity index (χ3v) is 4.45. The number of hydrogen-bond acceptors (Lipinski definition) is 4. The van der Waals surface area contributed by atoms with E-state index in [4.69, 9.17) is 4.74 Å². The second kappa shape index (κ2) is 5.00. The van der Waals surface area contributed by atoms with Crippen molar-refractivity contribution < 1.29 is 9.53 Å². The first-order valence-corrected chi connectivity index (χ1v) is 7.20. The van der Waals surface area contributed by atoms with Crippen molar-refractivity contribution in [1.29, 1.82) is 0 Å². The molecule has 0 atom stereocenters. The molecule has 2 aliphatic carbocycles. The minimum absolute atomic E-state index is 0.183. The zero-order chi connectivity index (χ0) is 13.3. The normalized spacial score (nSPS) is 22.1. The Labute approximate surface area is 113 Å². The Bertz CT molecular complexity index is 493. The van der Waals surface area contributed by atoms with Crippen molar-refractivity contribution in [2.75, 3.05) is 7.11 Å². The fourth-order valence-corrected chi connectivity index (χ4v) is 3.25. The average molecular weight is 260 g/mol. The molecule has 0 N–H and O–H groups in total. The summed E-state index contributed by atoms with van der Waals surface area (Å²) in [6, 6.07) is 0. The van der Waals surface area contributed by atoms with E-state index in [2.05, 4.69) is 9.97 Å². The first-order valence-electron chi connectivity index (χ1n) is 7.20. The molecule has 0 bridgehead atoms. The Kier molecular flexibility index (Phi) is 3.35. The molecular weight excluding hydrogens is 240 g/mol. The van der Waals surface area contributed by atoms with Gasteiger partial charge in [0.1, 0.15) is 5.60 Å². The molecule has 4 nitrogen and oxygen atoms in total. The van der Waals surface area contributed by atoms with Crippen molar-refractivity contribution in [2.45, 2.75) is 57.0 Å².